The number of aliphatic imine (C=N–C) groups is 2. The number of benzene rings is 2. The largest absolute Gasteiger partial charge is 0.255 e. The van der Waals surface area contributed by atoms with Crippen LogP contribution in [0.5, 0.6) is 0 Å². The van der Waals surface area contributed by atoms with Gasteiger partial charge in [-0.3, -0.25) is 9.98 Å². The van der Waals surface area contributed by atoms with Crippen LogP contribution in [-0.2, 0) is 42.2 Å². The van der Waals surface area contributed by atoms with Gasteiger partial charge in [0, 0.05) is 22.7 Å². The second kappa shape index (κ2) is 22.0. The zero-order chi connectivity index (χ0) is 27.4. The second-order valence-electron chi connectivity index (χ2n) is 11.1. The van der Waals surface area contributed by atoms with Crippen LogP contribution in [0.4, 0.5) is 11.4 Å². The summed E-state index contributed by atoms with van der Waals surface area (Å²) in [4.78, 5) is 10.2. The number of unbranched alkanes of at least 4 members (excludes halogenated alkanes) is 7. The van der Waals surface area contributed by atoms with Crippen LogP contribution in [0.15, 0.2) is 46.4 Å². The Kier molecular flexibility index (Phi) is 19.9. The van der Waals surface area contributed by atoms with Gasteiger partial charge in [-0.25, -0.2) is 0 Å². The maximum atomic E-state index is 5.22. The van der Waals surface area contributed by atoms with E-state index in [9.17, 15) is 0 Å². The molecule has 0 N–H and O–H groups in total. The van der Waals surface area contributed by atoms with Crippen LogP contribution in [-0.4, -0.2) is 11.9 Å². The predicted molar refractivity (Wildman–Crippen MR) is 171 cm³/mol. The van der Waals surface area contributed by atoms with Crippen molar-refractivity contribution in [1.82, 2.24) is 0 Å². The van der Waals surface area contributed by atoms with Crippen molar-refractivity contribution in [3.63, 3.8) is 0 Å². The van der Waals surface area contributed by atoms with E-state index < -0.39 is 0 Å². The predicted octanol–water partition coefficient (Wildman–Crippen LogP) is 11.5. The third kappa shape index (κ3) is 15.0. The molecule has 0 fully saturated rings. The van der Waals surface area contributed by atoms with E-state index in [-0.39, 0.29) is 16.5 Å². The minimum atomic E-state index is 0. The van der Waals surface area contributed by atoms with Gasteiger partial charge >= 0.3 is 0 Å². The van der Waals surface area contributed by atoms with Gasteiger partial charge in [0.05, 0.1) is 17.1 Å². The smallest absolute Gasteiger partial charge is 0.0639 e. The molecule has 0 aliphatic heterocycles. The molecule has 2 rings (SSSR count). The summed E-state index contributed by atoms with van der Waals surface area (Å²) in [5.41, 5.74) is 9.05. The minimum absolute atomic E-state index is 0. The first-order valence-corrected chi connectivity index (χ1v) is 16.0. The first-order chi connectivity index (χ1) is 18.6. The van der Waals surface area contributed by atoms with E-state index in [1.807, 2.05) is 0 Å². The van der Waals surface area contributed by atoms with Crippen LogP contribution in [0, 0.1) is 0 Å². The molecule has 39 heavy (non-hydrogen) atoms. The molecule has 0 amide bonds. The number of rotatable bonds is 20. The Morgan fingerprint density at radius 3 is 1.33 bits per heavy atom. The minimum Gasteiger partial charge on any atom is -0.255 e. The van der Waals surface area contributed by atoms with Crippen LogP contribution in [0.3, 0.4) is 0 Å². The van der Waals surface area contributed by atoms with Crippen LogP contribution in [0.1, 0.15) is 140 Å². The Bertz CT molecular complexity index is 924. The normalized spacial score (nSPS) is 11.8. The maximum absolute atomic E-state index is 5.22. The van der Waals surface area contributed by atoms with Gasteiger partial charge < -0.3 is 0 Å². The average molecular weight is 576 g/mol. The summed E-state index contributed by atoms with van der Waals surface area (Å²) in [5, 5.41) is 0. The molecule has 0 aliphatic carbocycles. The summed E-state index contributed by atoms with van der Waals surface area (Å²) < 4.78 is 0. The maximum Gasteiger partial charge on any atom is 0.0639 e. The van der Waals surface area contributed by atoms with Crippen molar-refractivity contribution in [1.29, 1.82) is 0 Å². The molecule has 0 heterocycles. The average Bonchev–Trinajstić information content (AvgIpc) is 2.93. The first-order valence-electron chi connectivity index (χ1n) is 16.0. The van der Waals surface area contributed by atoms with Crippen LogP contribution in [0.25, 0.3) is 0 Å². The van der Waals surface area contributed by atoms with Crippen molar-refractivity contribution >= 4 is 23.3 Å². The molecule has 0 aliphatic rings. The van der Waals surface area contributed by atoms with Gasteiger partial charge in [-0.05, 0) is 111 Å². The summed E-state index contributed by atoms with van der Waals surface area (Å²) in [6, 6.07) is 14.1. The van der Waals surface area contributed by atoms with Crippen molar-refractivity contribution in [2.45, 2.75) is 144 Å². The Balaban J connectivity index is 0.00000760. The molecule has 2 aromatic rings. The quantitative estimate of drug-likeness (QED) is 0.0852. The molecule has 220 valence electrons. The fourth-order valence-corrected chi connectivity index (χ4v) is 4.92. The van der Waals surface area contributed by atoms with Crippen molar-refractivity contribution in [2.24, 2.45) is 9.98 Å². The Hall–Kier alpha value is -1.73. The van der Waals surface area contributed by atoms with Crippen molar-refractivity contribution in [3.05, 3.63) is 58.7 Å². The van der Waals surface area contributed by atoms with E-state index in [0.717, 1.165) is 49.2 Å². The SMILES string of the molecule is CCCCCCC(C=Nc1cc(CCCC)cc(CCCC)c1)=Nc1cc(CCCC)cc(CCCC)c1.[Ni]. The third-order valence-electron chi connectivity index (χ3n) is 7.27. The fraction of sp³-hybridized carbons (Fsp3) is 0.611. The number of hydrogen-bond acceptors (Lipinski definition) is 2. The fourth-order valence-electron chi connectivity index (χ4n) is 4.92. The molecular formula is C36H56N2Ni. The molecular weight excluding hydrogens is 519 g/mol. The Morgan fingerprint density at radius 1 is 0.513 bits per heavy atom. The molecule has 2 nitrogen and oxygen atoms in total. The van der Waals surface area contributed by atoms with Crippen molar-refractivity contribution in [2.75, 3.05) is 0 Å². The molecule has 0 spiro atoms. The number of nitrogens with zero attached hydrogens (tertiary/aromatic N) is 2. The molecule has 0 radical (unpaired) electrons. The van der Waals surface area contributed by atoms with Crippen LogP contribution < -0.4 is 0 Å². The number of hydrogen-bond donors (Lipinski definition) is 0. The van der Waals surface area contributed by atoms with E-state index in [1.165, 1.54) is 99.3 Å². The van der Waals surface area contributed by atoms with E-state index in [4.69, 9.17) is 9.98 Å². The monoisotopic (exact) mass is 574 g/mol. The molecule has 0 atom stereocenters. The Morgan fingerprint density at radius 2 is 0.923 bits per heavy atom. The zero-order valence-electron chi connectivity index (χ0n) is 25.8. The zero-order valence-corrected chi connectivity index (χ0v) is 26.8. The molecule has 0 aromatic heterocycles. The van der Waals surface area contributed by atoms with Gasteiger partial charge in [-0.15, -0.1) is 0 Å². The van der Waals surface area contributed by atoms with Gasteiger partial charge in [0.1, 0.15) is 0 Å². The van der Waals surface area contributed by atoms with Crippen LogP contribution >= 0.6 is 0 Å². The van der Waals surface area contributed by atoms with Crippen molar-refractivity contribution < 1.29 is 16.5 Å². The van der Waals surface area contributed by atoms with Gasteiger partial charge in [0.15, 0.2) is 0 Å². The van der Waals surface area contributed by atoms with Gasteiger partial charge in [-0.1, -0.05) is 91.7 Å². The van der Waals surface area contributed by atoms with E-state index in [2.05, 4.69) is 77.2 Å². The van der Waals surface area contributed by atoms with E-state index in [1.54, 1.807) is 0 Å². The van der Waals surface area contributed by atoms with Gasteiger partial charge in [0.2, 0.25) is 0 Å². The van der Waals surface area contributed by atoms with E-state index in [0.29, 0.717) is 0 Å². The molecule has 3 heteroatoms. The summed E-state index contributed by atoms with van der Waals surface area (Å²) in [7, 11) is 0. The summed E-state index contributed by atoms with van der Waals surface area (Å²) in [6.45, 7) is 11.4. The second-order valence-corrected chi connectivity index (χ2v) is 11.1. The van der Waals surface area contributed by atoms with Crippen molar-refractivity contribution in [3.8, 4) is 0 Å². The molecule has 0 unspecified atom stereocenters. The molecule has 0 saturated carbocycles. The van der Waals surface area contributed by atoms with Gasteiger partial charge in [-0.2, -0.15) is 0 Å². The van der Waals surface area contributed by atoms with Gasteiger partial charge in [0.25, 0.3) is 0 Å². The Labute approximate surface area is 251 Å². The molecule has 2 aromatic carbocycles. The summed E-state index contributed by atoms with van der Waals surface area (Å²) >= 11 is 0. The third-order valence-corrected chi connectivity index (χ3v) is 7.27. The number of aryl methyl sites for hydroxylation is 4. The standard InChI is InChI=1S/C36H56N2.Ni/c1-6-11-16-17-22-34(38-36-27-32(20-14-9-4)24-33(28-36)21-15-10-5)29-37-35-25-30(18-12-7-2)23-31(26-35)19-13-8-3;/h23-29H,6-22H2,1-5H3;. The first kappa shape index (κ1) is 35.3. The van der Waals surface area contributed by atoms with Crippen LogP contribution in [0.2, 0.25) is 0 Å². The summed E-state index contributed by atoms with van der Waals surface area (Å²) in [5.74, 6) is 0. The molecule has 0 bridgehead atoms. The topological polar surface area (TPSA) is 24.7 Å². The van der Waals surface area contributed by atoms with E-state index >= 15 is 0 Å². The molecule has 0 saturated heterocycles. The summed E-state index contributed by atoms with van der Waals surface area (Å²) in [6.07, 6.45) is 22.5.